The van der Waals surface area contributed by atoms with Crippen molar-refractivity contribution >= 4 is 52.2 Å². The van der Waals surface area contributed by atoms with Crippen LogP contribution in [-0.4, -0.2) is 70.5 Å². The number of amides is 2. The Morgan fingerprint density at radius 1 is 1.33 bits per heavy atom. The number of nitriles is 1. The molecule has 1 saturated heterocycles. The summed E-state index contributed by atoms with van der Waals surface area (Å²) in [6, 6.07) is 5.76. The highest BCUT2D eigenvalue weighted by Gasteiger charge is 2.55. The van der Waals surface area contributed by atoms with Gasteiger partial charge in [0.25, 0.3) is 11.8 Å². The number of nitrogens with zero attached hydrogens (tertiary/aromatic N) is 4. The Bertz CT molecular complexity index is 1470. The van der Waals surface area contributed by atoms with Crippen LogP contribution in [0.15, 0.2) is 46.1 Å². The van der Waals surface area contributed by atoms with Crippen molar-refractivity contribution in [1.82, 2.24) is 15.2 Å². The van der Waals surface area contributed by atoms with E-state index in [1.54, 1.807) is 25.1 Å². The Kier molecular flexibility index (Phi) is 9.60. The minimum atomic E-state index is -1.53. The van der Waals surface area contributed by atoms with Crippen molar-refractivity contribution in [3.8, 4) is 11.8 Å². The molecule has 220 valence electrons. The van der Waals surface area contributed by atoms with Gasteiger partial charge in [-0.25, -0.2) is 14.6 Å². The van der Waals surface area contributed by atoms with E-state index in [9.17, 15) is 24.1 Å². The summed E-state index contributed by atoms with van der Waals surface area (Å²) in [6.07, 6.45) is -2.41. The van der Waals surface area contributed by atoms with Gasteiger partial charge in [0.05, 0.1) is 23.9 Å². The molecule has 0 spiro atoms. The van der Waals surface area contributed by atoms with Gasteiger partial charge >= 0.3 is 12.1 Å². The summed E-state index contributed by atoms with van der Waals surface area (Å²) >= 11 is 2.27. The molecule has 0 radical (unpaired) electrons. The third kappa shape index (κ3) is 6.61. The molecule has 42 heavy (non-hydrogen) atoms. The minimum absolute atomic E-state index is 0.0454. The van der Waals surface area contributed by atoms with E-state index in [1.807, 2.05) is 6.07 Å². The van der Waals surface area contributed by atoms with Crippen LogP contribution in [0.2, 0.25) is 0 Å². The van der Waals surface area contributed by atoms with E-state index in [0.717, 1.165) is 16.2 Å². The highest BCUT2D eigenvalue weighted by molar-refractivity contribution is 8.00. The number of nitrogens with one attached hydrogen (secondary N) is 1. The fourth-order valence-corrected chi connectivity index (χ4v) is 5.93. The number of nitrogens with two attached hydrogens (primary N) is 1. The molecule has 1 aromatic carbocycles. The number of thioether (sulfide) groups is 1. The van der Waals surface area contributed by atoms with Gasteiger partial charge in [-0.3, -0.25) is 14.5 Å². The third-order valence-electron chi connectivity index (χ3n) is 5.89. The maximum atomic E-state index is 13.3. The summed E-state index contributed by atoms with van der Waals surface area (Å²) in [5.41, 5.74) is 6.22. The first-order valence-electron chi connectivity index (χ1n) is 12.3. The van der Waals surface area contributed by atoms with Crippen molar-refractivity contribution in [2.45, 2.75) is 37.6 Å². The number of rotatable bonds is 11. The lowest BCUT2D eigenvalue weighted by atomic mass is 10.0. The van der Waals surface area contributed by atoms with Crippen molar-refractivity contribution in [3.05, 3.63) is 57.1 Å². The molecule has 1 fully saturated rings. The van der Waals surface area contributed by atoms with Gasteiger partial charge in [-0.05, 0) is 30.3 Å². The van der Waals surface area contributed by atoms with Crippen LogP contribution in [0.5, 0.6) is 5.75 Å². The number of esters is 1. The Morgan fingerprint density at radius 3 is 2.79 bits per heavy atom. The predicted octanol–water partition coefficient (Wildman–Crippen LogP) is 2.20. The number of benzene rings is 1. The molecule has 3 N–H and O–H groups in total. The van der Waals surface area contributed by atoms with Gasteiger partial charge in [0.15, 0.2) is 5.13 Å². The van der Waals surface area contributed by atoms with Crippen LogP contribution in [0.1, 0.15) is 31.1 Å². The van der Waals surface area contributed by atoms with Crippen LogP contribution in [-0.2, 0) is 28.6 Å². The molecule has 0 saturated carbocycles. The topological polar surface area (TPSA) is 213 Å². The first kappa shape index (κ1) is 30.3. The van der Waals surface area contributed by atoms with Gasteiger partial charge in [0.2, 0.25) is 12.3 Å². The summed E-state index contributed by atoms with van der Waals surface area (Å²) in [6.45, 7) is 2.78. The number of nitrogen functional groups attached to an aromatic ring is 1. The Labute approximate surface area is 246 Å². The highest BCUT2D eigenvalue weighted by Crippen LogP contribution is 2.41. The van der Waals surface area contributed by atoms with Crippen molar-refractivity contribution < 1.29 is 38.1 Å². The number of hydrogen-bond donors (Lipinski definition) is 2. The van der Waals surface area contributed by atoms with Crippen molar-refractivity contribution in [2.24, 2.45) is 5.18 Å². The quantitative estimate of drug-likeness (QED) is 0.161. The van der Waals surface area contributed by atoms with Gasteiger partial charge in [0, 0.05) is 23.6 Å². The van der Waals surface area contributed by atoms with Gasteiger partial charge < -0.3 is 30.0 Å². The third-order valence-corrected chi connectivity index (χ3v) is 7.92. The number of hydrogen-bond acceptors (Lipinski definition) is 15. The van der Waals surface area contributed by atoms with Crippen molar-refractivity contribution in [3.63, 3.8) is 0 Å². The van der Waals surface area contributed by atoms with E-state index in [4.69, 9.17) is 29.9 Å². The lowest BCUT2D eigenvalue weighted by Crippen LogP contribution is -2.71. The lowest BCUT2D eigenvalue weighted by molar-refractivity contribution is -0.169. The Morgan fingerprint density at radius 2 is 2.12 bits per heavy atom. The van der Waals surface area contributed by atoms with Crippen LogP contribution in [0.4, 0.5) is 9.93 Å². The number of ether oxygens (including phenoxy) is 4. The average molecular weight is 617 g/mol. The molecule has 2 aliphatic heterocycles. The van der Waals surface area contributed by atoms with Crippen LogP contribution in [0.25, 0.3) is 0 Å². The molecule has 2 aliphatic rings. The van der Waals surface area contributed by atoms with Crippen molar-refractivity contribution in [2.75, 3.05) is 24.7 Å². The number of carbonyl (C=O) groups excluding carboxylic acids is 4. The maximum absolute atomic E-state index is 13.3. The van der Waals surface area contributed by atoms with Gasteiger partial charge in [-0.15, -0.1) is 28.0 Å². The molecule has 3 unspecified atom stereocenters. The number of fused-ring (bicyclic) bond motifs is 1. The summed E-state index contributed by atoms with van der Waals surface area (Å²) in [7, 11) is 0. The molecule has 3 heterocycles. The van der Waals surface area contributed by atoms with E-state index in [-0.39, 0.29) is 35.5 Å². The molecule has 4 rings (SSSR count). The molecule has 1 aromatic heterocycles. The number of aromatic nitrogens is 1. The van der Waals surface area contributed by atoms with Gasteiger partial charge in [0.1, 0.15) is 29.5 Å². The predicted molar refractivity (Wildman–Crippen MR) is 147 cm³/mol. The molecular weight excluding hydrogens is 592 g/mol. The minimum Gasteiger partial charge on any atom is -0.489 e. The first-order valence-corrected chi connectivity index (χ1v) is 14.3. The van der Waals surface area contributed by atoms with Gasteiger partial charge in [-0.1, -0.05) is 6.07 Å². The fourth-order valence-electron chi connectivity index (χ4n) is 4.02. The normalized spacial score (nSPS) is 18.9. The highest BCUT2D eigenvalue weighted by atomic mass is 32.2. The van der Waals surface area contributed by atoms with Crippen LogP contribution in [0.3, 0.4) is 0 Å². The molecular formula is C25H24N6O9S2. The van der Waals surface area contributed by atoms with E-state index >= 15 is 0 Å². The van der Waals surface area contributed by atoms with Crippen molar-refractivity contribution in [1.29, 1.82) is 5.26 Å². The second-order valence-corrected chi connectivity index (χ2v) is 10.7. The number of anilines is 1. The van der Waals surface area contributed by atoms with E-state index in [2.05, 4.69) is 15.5 Å². The van der Waals surface area contributed by atoms with Crippen LogP contribution >= 0.6 is 23.1 Å². The standard InChI is InChI=1S/C25H24N6O9S2/c1-3-37-25(35)40-12(2)39-23(34)19-14(9-38-15-6-4-5-13(7-15)8-26)10-41-22-18(21(33)31(19)22)29-20(32)17(30-36)16-11-42-24(27)28-16/h4-7,11-12,17-18,22H,3,9-10H2,1-2H3,(H2,27,28)(H,29,32)/t12?,17?,18?,22-/m0/s1. The molecule has 0 bridgehead atoms. The smallest absolute Gasteiger partial charge is 0.489 e. The molecule has 0 aliphatic carbocycles. The zero-order valence-electron chi connectivity index (χ0n) is 22.2. The zero-order chi connectivity index (χ0) is 30.4. The van der Waals surface area contributed by atoms with Crippen LogP contribution < -0.4 is 15.8 Å². The first-order chi connectivity index (χ1) is 20.2. The second kappa shape index (κ2) is 13.3. The average Bonchev–Trinajstić information content (AvgIpc) is 3.40. The number of thiazole rings is 1. The lowest BCUT2D eigenvalue weighted by Gasteiger charge is -2.49. The van der Waals surface area contributed by atoms with Crippen LogP contribution in [0, 0.1) is 16.2 Å². The second-order valence-electron chi connectivity index (χ2n) is 8.67. The molecule has 17 heteroatoms. The Balaban J connectivity index is 1.54. The van der Waals surface area contributed by atoms with E-state index in [1.165, 1.54) is 30.1 Å². The van der Waals surface area contributed by atoms with E-state index < -0.39 is 47.7 Å². The fraction of sp³-hybridized carbons (Fsp3) is 0.360. The Hall–Kier alpha value is -4.69. The summed E-state index contributed by atoms with van der Waals surface area (Å²) in [4.78, 5) is 67.5. The molecule has 2 aromatic rings. The van der Waals surface area contributed by atoms with E-state index in [0.29, 0.717) is 16.9 Å². The number of β-lactam (4-membered cyclic amide) rings is 1. The SMILES string of the molecule is CCOC(=O)OC(C)OC(=O)C1=C(COc2cccc(C#N)c2)CS[C@H]2C(NC(=O)C(N=O)c3csc(N)n3)C(=O)N12. The molecule has 2 amide bonds. The molecule has 15 nitrogen and oxygen atoms in total. The maximum Gasteiger partial charge on any atom is 0.511 e. The molecule has 4 atom stereocenters. The number of carbonyl (C=O) groups is 4. The monoisotopic (exact) mass is 616 g/mol. The largest absolute Gasteiger partial charge is 0.511 e. The summed E-state index contributed by atoms with van der Waals surface area (Å²) in [5.74, 6) is -1.95. The van der Waals surface area contributed by atoms with Gasteiger partial charge in [-0.2, -0.15) is 5.26 Å². The zero-order valence-corrected chi connectivity index (χ0v) is 23.8. The summed E-state index contributed by atoms with van der Waals surface area (Å²) in [5, 5.41) is 15.3. The summed E-state index contributed by atoms with van der Waals surface area (Å²) < 4.78 is 20.7. The number of nitroso groups, excluding NO2 is 1.